The van der Waals surface area contributed by atoms with Crippen molar-refractivity contribution >= 4 is 12.1 Å². The van der Waals surface area contributed by atoms with Crippen LogP contribution in [0.25, 0.3) is 0 Å². The number of cyclic esters (lactones) is 2. The molecule has 1 aliphatic heterocycles. The molecule has 4 nitrogen and oxygen atoms in total. The summed E-state index contributed by atoms with van der Waals surface area (Å²) >= 11 is 0. The second kappa shape index (κ2) is 5.59. The van der Waals surface area contributed by atoms with E-state index in [1.165, 1.54) is 6.42 Å². The molecule has 2 atom stereocenters. The number of fused-ring (bicyclic) bond motifs is 1. The second-order valence-electron chi connectivity index (χ2n) is 5.32. The van der Waals surface area contributed by atoms with E-state index >= 15 is 0 Å². The predicted octanol–water partition coefficient (Wildman–Crippen LogP) is 3.09. The molecule has 2 aliphatic rings. The van der Waals surface area contributed by atoms with Crippen LogP contribution in [0.2, 0.25) is 0 Å². The molecular formula is C15H21NO3. The zero-order valence-corrected chi connectivity index (χ0v) is 11.6. The van der Waals surface area contributed by atoms with Crippen LogP contribution in [0.5, 0.6) is 0 Å². The molecule has 19 heavy (non-hydrogen) atoms. The Kier molecular flexibility index (Phi) is 4.08. The standard InChI is InChI=1S/C15H21NO3/c1-3-4-5-6-10-15-11(2)8-7-9-12(15)16-14(18)19-13(15)17/h7-9,12H,3-6,10H2,1-2H3,(H,16,18). The van der Waals surface area contributed by atoms with E-state index in [0.29, 0.717) is 0 Å². The lowest BCUT2D eigenvalue weighted by molar-refractivity contribution is -0.151. The summed E-state index contributed by atoms with van der Waals surface area (Å²) in [5.74, 6) is -0.407. The van der Waals surface area contributed by atoms with Crippen molar-refractivity contribution in [3.63, 3.8) is 0 Å². The maximum absolute atomic E-state index is 12.3. The number of unbranched alkanes of at least 4 members (excludes halogenated alkanes) is 3. The molecule has 1 aliphatic carbocycles. The second-order valence-corrected chi connectivity index (χ2v) is 5.32. The number of amides is 1. The number of carbonyl (C=O) groups is 2. The van der Waals surface area contributed by atoms with Gasteiger partial charge in [0, 0.05) is 0 Å². The highest BCUT2D eigenvalue weighted by Gasteiger charge is 2.52. The average molecular weight is 263 g/mol. The van der Waals surface area contributed by atoms with Gasteiger partial charge in [-0.2, -0.15) is 0 Å². The van der Waals surface area contributed by atoms with E-state index in [1.807, 2.05) is 25.2 Å². The van der Waals surface area contributed by atoms with Gasteiger partial charge in [-0.15, -0.1) is 0 Å². The minimum absolute atomic E-state index is 0.270. The van der Waals surface area contributed by atoms with Crippen LogP contribution >= 0.6 is 0 Å². The molecule has 1 amide bonds. The fourth-order valence-corrected chi connectivity index (χ4v) is 2.95. The van der Waals surface area contributed by atoms with Gasteiger partial charge >= 0.3 is 12.1 Å². The van der Waals surface area contributed by atoms with Gasteiger partial charge in [-0.1, -0.05) is 56.4 Å². The van der Waals surface area contributed by atoms with Gasteiger partial charge in [0.2, 0.25) is 0 Å². The number of alkyl carbamates (subject to hydrolysis) is 1. The summed E-state index contributed by atoms with van der Waals surface area (Å²) in [5.41, 5.74) is 0.276. The fraction of sp³-hybridized carbons (Fsp3) is 0.600. The Hall–Kier alpha value is -1.58. The quantitative estimate of drug-likeness (QED) is 0.471. The van der Waals surface area contributed by atoms with Gasteiger partial charge in [0.15, 0.2) is 0 Å². The summed E-state index contributed by atoms with van der Waals surface area (Å²) in [6, 6.07) is -0.270. The van der Waals surface area contributed by atoms with Gasteiger partial charge in [0.25, 0.3) is 0 Å². The highest BCUT2D eigenvalue weighted by atomic mass is 16.6. The molecule has 1 fully saturated rings. The van der Waals surface area contributed by atoms with E-state index in [9.17, 15) is 9.59 Å². The molecule has 4 heteroatoms. The van der Waals surface area contributed by atoms with Gasteiger partial charge in [-0.25, -0.2) is 4.79 Å². The summed E-state index contributed by atoms with van der Waals surface area (Å²) < 4.78 is 4.82. The lowest BCUT2D eigenvalue weighted by Gasteiger charge is -2.42. The van der Waals surface area contributed by atoms with E-state index in [4.69, 9.17) is 4.74 Å². The monoisotopic (exact) mass is 263 g/mol. The fourth-order valence-electron chi connectivity index (χ4n) is 2.95. The first kappa shape index (κ1) is 13.8. The minimum atomic E-state index is -0.698. The number of esters is 1. The van der Waals surface area contributed by atoms with Crippen LogP contribution in [0.4, 0.5) is 4.79 Å². The Morgan fingerprint density at radius 1 is 1.32 bits per heavy atom. The van der Waals surface area contributed by atoms with E-state index < -0.39 is 17.5 Å². The van der Waals surface area contributed by atoms with E-state index in [1.54, 1.807) is 0 Å². The summed E-state index contributed by atoms with van der Waals surface area (Å²) in [6.07, 6.45) is 10.2. The number of carbonyl (C=O) groups excluding carboxylic acids is 2. The Balaban J connectivity index is 2.19. The molecule has 0 bridgehead atoms. The molecule has 1 heterocycles. The molecule has 1 N–H and O–H groups in total. The average Bonchev–Trinajstić information content (AvgIpc) is 2.36. The minimum Gasteiger partial charge on any atom is -0.376 e. The molecule has 0 aromatic heterocycles. The third kappa shape index (κ3) is 2.44. The smallest absolute Gasteiger partial charge is 0.376 e. The van der Waals surface area contributed by atoms with Crippen molar-refractivity contribution in [1.29, 1.82) is 0 Å². The maximum atomic E-state index is 12.3. The van der Waals surface area contributed by atoms with Crippen molar-refractivity contribution in [2.75, 3.05) is 0 Å². The van der Waals surface area contributed by atoms with Crippen LogP contribution in [0.15, 0.2) is 23.8 Å². The molecule has 0 aromatic carbocycles. The lowest BCUT2D eigenvalue weighted by atomic mass is 9.68. The van der Waals surface area contributed by atoms with Crippen LogP contribution in [0.3, 0.4) is 0 Å². The van der Waals surface area contributed by atoms with E-state index in [0.717, 1.165) is 31.3 Å². The van der Waals surface area contributed by atoms with Crippen LogP contribution in [-0.2, 0) is 9.53 Å². The first-order chi connectivity index (χ1) is 9.11. The summed E-state index contributed by atoms with van der Waals surface area (Å²) in [6.45, 7) is 4.10. The van der Waals surface area contributed by atoms with Crippen molar-refractivity contribution in [2.24, 2.45) is 5.41 Å². The predicted molar refractivity (Wildman–Crippen MR) is 72.5 cm³/mol. The largest absolute Gasteiger partial charge is 0.415 e. The molecule has 104 valence electrons. The molecule has 1 saturated heterocycles. The highest BCUT2D eigenvalue weighted by molar-refractivity contribution is 5.94. The molecule has 0 saturated carbocycles. The first-order valence-electron chi connectivity index (χ1n) is 6.99. The summed E-state index contributed by atoms with van der Waals surface area (Å²) in [4.78, 5) is 23.6. The first-order valence-corrected chi connectivity index (χ1v) is 6.99. The molecule has 2 rings (SSSR count). The highest BCUT2D eigenvalue weighted by Crippen LogP contribution is 2.43. The summed E-state index contributed by atoms with van der Waals surface area (Å²) in [7, 11) is 0. The van der Waals surface area contributed by atoms with E-state index in [-0.39, 0.29) is 6.04 Å². The lowest BCUT2D eigenvalue weighted by Crippen LogP contribution is -2.58. The number of allylic oxidation sites excluding steroid dienone is 2. The van der Waals surface area contributed by atoms with Gasteiger partial charge < -0.3 is 10.1 Å². The molecule has 0 radical (unpaired) electrons. The Bertz CT molecular complexity index is 439. The van der Waals surface area contributed by atoms with Gasteiger partial charge in [-0.3, -0.25) is 4.79 Å². The van der Waals surface area contributed by atoms with Crippen LogP contribution in [-0.4, -0.2) is 18.1 Å². The normalized spacial score (nSPS) is 29.4. The summed E-state index contributed by atoms with van der Waals surface area (Å²) in [5, 5.41) is 2.75. The van der Waals surface area contributed by atoms with E-state index in [2.05, 4.69) is 12.2 Å². The Labute approximate surface area is 113 Å². The third-order valence-corrected chi connectivity index (χ3v) is 4.13. The van der Waals surface area contributed by atoms with Crippen molar-refractivity contribution in [3.8, 4) is 0 Å². The van der Waals surface area contributed by atoms with Gasteiger partial charge in [0.1, 0.15) is 5.41 Å². The number of hydrogen-bond acceptors (Lipinski definition) is 3. The molecule has 2 unspecified atom stereocenters. The van der Waals surface area contributed by atoms with Crippen LogP contribution in [0, 0.1) is 5.41 Å². The number of nitrogens with one attached hydrogen (secondary N) is 1. The van der Waals surface area contributed by atoms with Crippen molar-refractivity contribution in [3.05, 3.63) is 23.8 Å². The topological polar surface area (TPSA) is 55.4 Å². The Morgan fingerprint density at radius 3 is 2.84 bits per heavy atom. The Morgan fingerprint density at radius 2 is 2.11 bits per heavy atom. The zero-order chi connectivity index (χ0) is 13.9. The van der Waals surface area contributed by atoms with Crippen LogP contribution in [0.1, 0.15) is 46.0 Å². The maximum Gasteiger partial charge on any atom is 0.415 e. The zero-order valence-electron chi connectivity index (χ0n) is 11.6. The number of ether oxygens (including phenoxy) is 1. The number of rotatable bonds is 5. The van der Waals surface area contributed by atoms with Crippen molar-refractivity contribution in [2.45, 2.75) is 52.0 Å². The number of hydrogen-bond donors (Lipinski definition) is 1. The van der Waals surface area contributed by atoms with Crippen molar-refractivity contribution in [1.82, 2.24) is 5.32 Å². The third-order valence-electron chi connectivity index (χ3n) is 4.13. The molecular weight excluding hydrogens is 242 g/mol. The molecule has 0 aromatic rings. The molecule has 0 spiro atoms. The van der Waals surface area contributed by atoms with Crippen molar-refractivity contribution < 1.29 is 14.3 Å². The van der Waals surface area contributed by atoms with Gasteiger partial charge in [-0.05, 0) is 13.3 Å². The van der Waals surface area contributed by atoms with Gasteiger partial charge in [0.05, 0.1) is 6.04 Å². The van der Waals surface area contributed by atoms with Crippen LogP contribution < -0.4 is 5.32 Å². The SMILES string of the molecule is CCCCCCC12C(=O)OC(=O)NC1C=CC=C2C.